The maximum absolute atomic E-state index is 12.7. The maximum atomic E-state index is 12.7. The molecule has 1 heterocycles. The van der Waals surface area contributed by atoms with Crippen LogP contribution in [-0.2, 0) is 14.8 Å². The molecule has 1 aromatic rings. The quantitative estimate of drug-likeness (QED) is 0.357. The first-order chi connectivity index (χ1) is 13.1. The van der Waals surface area contributed by atoms with Gasteiger partial charge in [0.05, 0.1) is 5.69 Å². The van der Waals surface area contributed by atoms with E-state index in [4.69, 9.17) is 10.5 Å². The van der Waals surface area contributed by atoms with Crippen molar-refractivity contribution in [3.05, 3.63) is 24.3 Å². The minimum atomic E-state index is -3.56. The van der Waals surface area contributed by atoms with Gasteiger partial charge in [0.2, 0.25) is 10.0 Å². The van der Waals surface area contributed by atoms with Crippen molar-refractivity contribution < 1.29 is 13.2 Å². The zero-order valence-corrected chi connectivity index (χ0v) is 17.6. The normalized spacial score (nSPS) is 17.7. The Hall–Kier alpha value is -1.11. The number of rotatable bonds is 14. The van der Waals surface area contributed by atoms with E-state index >= 15 is 0 Å². The summed E-state index contributed by atoms with van der Waals surface area (Å²) in [5, 5.41) is 0. The summed E-state index contributed by atoms with van der Waals surface area (Å²) in [5.41, 5.74) is 6.13. The fourth-order valence-corrected chi connectivity index (χ4v) is 5.12. The number of hydrogen-bond acceptors (Lipinski definition) is 4. The highest BCUT2D eigenvalue weighted by Gasteiger charge is 2.39. The monoisotopic (exact) mass is 396 g/mol. The second-order valence-corrected chi connectivity index (χ2v) is 9.31. The van der Waals surface area contributed by atoms with Gasteiger partial charge in [0.15, 0.2) is 0 Å². The number of nitrogen functional groups attached to an aromatic ring is 1. The molecule has 1 aliphatic heterocycles. The molecule has 5 nitrogen and oxygen atoms in total. The minimum Gasteiger partial charge on any atom is -0.398 e. The number of benzene rings is 1. The molecule has 2 N–H and O–H groups in total. The summed E-state index contributed by atoms with van der Waals surface area (Å²) in [6, 6.07) is 6.61. The summed E-state index contributed by atoms with van der Waals surface area (Å²) >= 11 is 0. The molecule has 27 heavy (non-hydrogen) atoms. The van der Waals surface area contributed by atoms with Crippen LogP contribution in [0.2, 0.25) is 0 Å². The lowest BCUT2D eigenvalue weighted by Crippen LogP contribution is -2.52. The Bertz CT molecular complexity index is 649. The lowest BCUT2D eigenvalue weighted by Gasteiger charge is -2.39. The summed E-state index contributed by atoms with van der Waals surface area (Å²) in [6.45, 7) is 3.37. The molecule has 1 unspecified atom stereocenters. The van der Waals surface area contributed by atoms with Gasteiger partial charge < -0.3 is 10.5 Å². The van der Waals surface area contributed by atoms with Gasteiger partial charge in [-0.3, -0.25) is 0 Å². The average molecular weight is 397 g/mol. The van der Waals surface area contributed by atoms with Crippen LogP contribution in [0.1, 0.15) is 77.6 Å². The number of nitrogens with zero attached hydrogens (tertiary/aromatic N) is 1. The number of ether oxygens (including phenoxy) is 1. The molecule has 0 saturated carbocycles. The molecule has 0 spiro atoms. The van der Waals surface area contributed by atoms with E-state index in [1.54, 1.807) is 24.3 Å². The van der Waals surface area contributed by atoms with E-state index in [0.29, 0.717) is 13.2 Å². The van der Waals surface area contributed by atoms with Crippen molar-refractivity contribution in [2.24, 2.45) is 0 Å². The van der Waals surface area contributed by atoms with E-state index < -0.39 is 10.0 Å². The van der Waals surface area contributed by atoms with Crippen LogP contribution in [0, 0.1) is 0 Å². The summed E-state index contributed by atoms with van der Waals surface area (Å²) in [6.07, 6.45) is 13.2. The number of nitrogens with two attached hydrogens (primary N) is 1. The molecular weight excluding hydrogens is 360 g/mol. The van der Waals surface area contributed by atoms with Crippen molar-refractivity contribution in [2.45, 2.75) is 88.7 Å². The maximum Gasteiger partial charge on any atom is 0.247 e. The van der Waals surface area contributed by atoms with Gasteiger partial charge in [-0.05, 0) is 18.6 Å². The lowest BCUT2D eigenvalue weighted by molar-refractivity contribution is -0.0763. The summed E-state index contributed by atoms with van der Waals surface area (Å²) in [7, 11) is -3.56. The SMILES string of the molecule is CCCCCCCCCCCCOC1CCN1S(=O)(=O)c1ccccc1N. The predicted octanol–water partition coefficient (Wildman–Crippen LogP) is 4.93. The van der Waals surface area contributed by atoms with Gasteiger partial charge in [-0.1, -0.05) is 76.8 Å². The number of unbranched alkanes of at least 4 members (excludes halogenated alkanes) is 9. The first-order valence-electron chi connectivity index (χ1n) is 10.6. The molecule has 154 valence electrons. The smallest absolute Gasteiger partial charge is 0.247 e. The van der Waals surface area contributed by atoms with E-state index in [2.05, 4.69) is 6.92 Å². The Balaban J connectivity index is 1.59. The fourth-order valence-electron chi connectivity index (χ4n) is 3.43. The second kappa shape index (κ2) is 11.7. The van der Waals surface area contributed by atoms with Crippen LogP contribution in [0.5, 0.6) is 0 Å². The Morgan fingerprint density at radius 2 is 1.59 bits per heavy atom. The van der Waals surface area contributed by atoms with Gasteiger partial charge in [-0.25, -0.2) is 8.42 Å². The van der Waals surface area contributed by atoms with Crippen molar-refractivity contribution in [1.82, 2.24) is 4.31 Å². The van der Waals surface area contributed by atoms with E-state index in [1.165, 1.54) is 55.7 Å². The van der Waals surface area contributed by atoms with Gasteiger partial charge in [0, 0.05) is 19.6 Å². The Morgan fingerprint density at radius 1 is 1.00 bits per heavy atom. The van der Waals surface area contributed by atoms with Crippen molar-refractivity contribution in [1.29, 1.82) is 0 Å². The van der Waals surface area contributed by atoms with Crippen LogP contribution in [0.4, 0.5) is 5.69 Å². The summed E-state index contributed by atoms with van der Waals surface area (Å²) in [4.78, 5) is 0.178. The van der Waals surface area contributed by atoms with Gasteiger partial charge >= 0.3 is 0 Å². The van der Waals surface area contributed by atoms with Crippen LogP contribution >= 0.6 is 0 Å². The molecule has 1 aromatic carbocycles. The van der Waals surface area contributed by atoms with Gasteiger partial charge in [-0.2, -0.15) is 4.31 Å². The number of anilines is 1. The van der Waals surface area contributed by atoms with Crippen LogP contribution in [0.25, 0.3) is 0 Å². The molecule has 0 aliphatic carbocycles. The van der Waals surface area contributed by atoms with Gasteiger partial charge in [-0.15, -0.1) is 0 Å². The van der Waals surface area contributed by atoms with Crippen molar-refractivity contribution >= 4 is 15.7 Å². The molecule has 2 rings (SSSR count). The molecule has 1 saturated heterocycles. The van der Waals surface area contributed by atoms with Crippen LogP contribution in [0.15, 0.2) is 29.2 Å². The average Bonchev–Trinajstić information content (AvgIpc) is 2.61. The fraction of sp³-hybridized carbons (Fsp3) is 0.714. The third-order valence-electron chi connectivity index (χ3n) is 5.23. The lowest BCUT2D eigenvalue weighted by atomic mass is 10.1. The first kappa shape index (κ1) is 22.2. The van der Waals surface area contributed by atoms with E-state index in [-0.39, 0.29) is 16.8 Å². The molecule has 0 radical (unpaired) electrons. The predicted molar refractivity (Wildman–Crippen MR) is 111 cm³/mol. The topological polar surface area (TPSA) is 72.6 Å². The molecule has 1 fully saturated rings. The number of sulfonamides is 1. The van der Waals surface area contributed by atoms with Gasteiger partial charge in [0.1, 0.15) is 11.1 Å². The minimum absolute atomic E-state index is 0.178. The second-order valence-electron chi connectivity index (χ2n) is 7.45. The summed E-state index contributed by atoms with van der Waals surface area (Å²) in [5.74, 6) is 0. The van der Waals surface area contributed by atoms with E-state index in [9.17, 15) is 8.42 Å². The highest BCUT2D eigenvalue weighted by atomic mass is 32.2. The Kier molecular flexibility index (Phi) is 9.59. The third kappa shape index (κ3) is 6.77. The number of para-hydroxylation sites is 1. The summed E-state index contributed by atoms with van der Waals surface area (Å²) < 4.78 is 32.7. The van der Waals surface area contributed by atoms with Crippen molar-refractivity contribution in [3.63, 3.8) is 0 Å². The zero-order chi connectivity index (χ0) is 19.5. The first-order valence-corrected chi connectivity index (χ1v) is 12.0. The van der Waals surface area contributed by atoms with E-state index in [0.717, 1.165) is 19.3 Å². The van der Waals surface area contributed by atoms with Crippen molar-refractivity contribution in [3.8, 4) is 0 Å². The largest absolute Gasteiger partial charge is 0.398 e. The number of hydrogen-bond donors (Lipinski definition) is 1. The Morgan fingerprint density at radius 3 is 2.15 bits per heavy atom. The molecule has 0 amide bonds. The van der Waals surface area contributed by atoms with Crippen LogP contribution < -0.4 is 5.73 Å². The highest BCUT2D eigenvalue weighted by molar-refractivity contribution is 7.89. The zero-order valence-electron chi connectivity index (χ0n) is 16.7. The van der Waals surface area contributed by atoms with Crippen molar-refractivity contribution in [2.75, 3.05) is 18.9 Å². The molecule has 6 heteroatoms. The Labute approximate surface area is 165 Å². The van der Waals surface area contributed by atoms with Crippen LogP contribution in [0.3, 0.4) is 0 Å². The molecule has 0 aromatic heterocycles. The molecular formula is C21H36N2O3S. The van der Waals surface area contributed by atoms with E-state index in [1.807, 2.05) is 0 Å². The molecule has 1 atom stereocenters. The third-order valence-corrected chi connectivity index (χ3v) is 7.19. The standard InChI is InChI=1S/C21H36N2O3S/c1-2-3-4-5-6-7-8-9-10-13-18-26-21-16-17-23(21)27(24,25)20-15-12-11-14-19(20)22/h11-12,14-15,21H,2-10,13,16-18,22H2,1H3. The van der Waals surface area contributed by atoms with Gasteiger partial charge in [0.25, 0.3) is 0 Å². The van der Waals surface area contributed by atoms with Crippen LogP contribution in [-0.4, -0.2) is 32.1 Å². The molecule has 0 bridgehead atoms. The highest BCUT2D eigenvalue weighted by Crippen LogP contribution is 2.30. The molecule has 1 aliphatic rings.